The van der Waals surface area contributed by atoms with Crippen LogP contribution in [0.5, 0.6) is 0 Å². The van der Waals surface area contributed by atoms with E-state index in [0.717, 1.165) is 17.3 Å². The maximum atomic E-state index is 12.3. The van der Waals surface area contributed by atoms with Crippen LogP contribution in [0.15, 0.2) is 36.5 Å². The van der Waals surface area contributed by atoms with Gasteiger partial charge in [-0.15, -0.1) is 0 Å². The van der Waals surface area contributed by atoms with Crippen molar-refractivity contribution in [1.82, 2.24) is 10.3 Å². The third-order valence-corrected chi connectivity index (χ3v) is 3.46. The lowest BCUT2D eigenvalue weighted by atomic mass is 10.0. The van der Waals surface area contributed by atoms with Crippen molar-refractivity contribution >= 4 is 16.8 Å². The molecular formula is C16H21N3O. The minimum Gasteiger partial charge on any atom is -0.349 e. The van der Waals surface area contributed by atoms with E-state index in [2.05, 4.69) is 24.1 Å². The van der Waals surface area contributed by atoms with E-state index >= 15 is 0 Å². The second-order valence-electron chi connectivity index (χ2n) is 5.31. The van der Waals surface area contributed by atoms with Gasteiger partial charge in [0.1, 0.15) is 0 Å². The Morgan fingerprint density at radius 2 is 2.15 bits per heavy atom. The highest BCUT2D eigenvalue weighted by Crippen LogP contribution is 2.14. The number of rotatable bonds is 5. The van der Waals surface area contributed by atoms with E-state index in [1.54, 1.807) is 6.20 Å². The van der Waals surface area contributed by atoms with Crippen LogP contribution in [-0.4, -0.2) is 23.5 Å². The number of hydrogen-bond donors (Lipinski definition) is 2. The molecule has 1 amide bonds. The van der Waals surface area contributed by atoms with Crippen molar-refractivity contribution < 1.29 is 4.79 Å². The molecule has 20 heavy (non-hydrogen) atoms. The fourth-order valence-electron chi connectivity index (χ4n) is 2.22. The van der Waals surface area contributed by atoms with Crippen LogP contribution in [0, 0.1) is 5.92 Å². The maximum absolute atomic E-state index is 12.3. The zero-order chi connectivity index (χ0) is 14.5. The van der Waals surface area contributed by atoms with Crippen molar-refractivity contribution in [2.45, 2.75) is 26.3 Å². The summed E-state index contributed by atoms with van der Waals surface area (Å²) in [6.45, 7) is 4.75. The minimum atomic E-state index is -0.0529. The smallest absolute Gasteiger partial charge is 0.251 e. The maximum Gasteiger partial charge on any atom is 0.251 e. The monoisotopic (exact) mass is 271 g/mol. The summed E-state index contributed by atoms with van der Waals surface area (Å²) in [5.41, 5.74) is 7.15. The van der Waals surface area contributed by atoms with Gasteiger partial charge >= 0.3 is 0 Å². The molecule has 2 rings (SSSR count). The molecule has 0 aliphatic carbocycles. The van der Waals surface area contributed by atoms with Gasteiger partial charge in [-0.2, -0.15) is 0 Å². The number of nitrogens with zero attached hydrogens (tertiary/aromatic N) is 1. The highest BCUT2D eigenvalue weighted by Gasteiger charge is 2.16. The lowest BCUT2D eigenvalue weighted by molar-refractivity contribution is 0.0924. The topological polar surface area (TPSA) is 68.0 Å². The number of benzene rings is 1. The van der Waals surface area contributed by atoms with Crippen LogP contribution >= 0.6 is 0 Å². The average molecular weight is 271 g/mol. The number of amides is 1. The zero-order valence-corrected chi connectivity index (χ0v) is 12.0. The average Bonchev–Trinajstić information content (AvgIpc) is 2.46. The molecule has 1 unspecified atom stereocenters. The van der Waals surface area contributed by atoms with Gasteiger partial charge in [0.15, 0.2) is 0 Å². The summed E-state index contributed by atoms with van der Waals surface area (Å²) in [6, 6.07) is 9.49. The van der Waals surface area contributed by atoms with Gasteiger partial charge in [-0.1, -0.05) is 19.9 Å². The van der Waals surface area contributed by atoms with Crippen molar-refractivity contribution in [3.05, 3.63) is 42.1 Å². The van der Waals surface area contributed by atoms with Crippen molar-refractivity contribution in [3.8, 4) is 0 Å². The number of fused-ring (bicyclic) bond motifs is 1. The molecule has 0 spiro atoms. The van der Waals surface area contributed by atoms with Crippen LogP contribution in [0.1, 0.15) is 30.6 Å². The van der Waals surface area contributed by atoms with Gasteiger partial charge < -0.3 is 11.1 Å². The van der Waals surface area contributed by atoms with Crippen molar-refractivity contribution in [3.63, 3.8) is 0 Å². The number of aromatic nitrogens is 1. The van der Waals surface area contributed by atoms with Gasteiger partial charge in [-0.25, -0.2) is 0 Å². The number of nitrogens with one attached hydrogen (secondary N) is 1. The van der Waals surface area contributed by atoms with E-state index in [-0.39, 0.29) is 11.9 Å². The summed E-state index contributed by atoms with van der Waals surface area (Å²) >= 11 is 0. The quantitative estimate of drug-likeness (QED) is 0.877. The van der Waals surface area contributed by atoms with Gasteiger partial charge in [-0.3, -0.25) is 9.78 Å². The first-order valence-electron chi connectivity index (χ1n) is 6.97. The standard InChI is InChI=1S/C16H21N3O/c1-11(2)14(7-8-17)19-16(20)13-5-6-15-12(10-13)4-3-9-18-15/h3-6,9-11,14H,7-8,17H2,1-2H3,(H,19,20). The summed E-state index contributed by atoms with van der Waals surface area (Å²) in [5, 5.41) is 4.03. The molecule has 0 aliphatic rings. The Kier molecular flexibility index (Phi) is 4.69. The van der Waals surface area contributed by atoms with Gasteiger partial charge in [0.05, 0.1) is 5.52 Å². The Balaban J connectivity index is 2.18. The summed E-state index contributed by atoms with van der Waals surface area (Å²) in [7, 11) is 0. The molecule has 3 N–H and O–H groups in total. The summed E-state index contributed by atoms with van der Waals surface area (Å²) in [6.07, 6.45) is 2.54. The number of hydrogen-bond acceptors (Lipinski definition) is 3. The highest BCUT2D eigenvalue weighted by molar-refractivity contribution is 5.98. The molecule has 106 valence electrons. The molecule has 0 bridgehead atoms. The van der Waals surface area contributed by atoms with Crippen LogP contribution in [-0.2, 0) is 0 Å². The third-order valence-electron chi connectivity index (χ3n) is 3.46. The molecule has 0 saturated heterocycles. The first-order valence-corrected chi connectivity index (χ1v) is 6.97. The van der Waals surface area contributed by atoms with Crippen LogP contribution in [0.3, 0.4) is 0 Å². The van der Waals surface area contributed by atoms with Crippen LogP contribution in [0.4, 0.5) is 0 Å². The Labute approximate surface area is 119 Å². The lowest BCUT2D eigenvalue weighted by Gasteiger charge is -2.21. The Morgan fingerprint density at radius 1 is 1.35 bits per heavy atom. The van der Waals surface area contributed by atoms with Crippen molar-refractivity contribution in [2.75, 3.05) is 6.54 Å². The molecule has 2 aromatic rings. The molecule has 4 nitrogen and oxygen atoms in total. The molecule has 4 heteroatoms. The fourth-order valence-corrected chi connectivity index (χ4v) is 2.22. The fraction of sp³-hybridized carbons (Fsp3) is 0.375. The van der Waals surface area contributed by atoms with Gasteiger partial charge in [-0.05, 0) is 43.1 Å². The predicted octanol–water partition coefficient (Wildman–Crippen LogP) is 2.34. The first kappa shape index (κ1) is 14.5. The lowest BCUT2D eigenvalue weighted by Crippen LogP contribution is -2.39. The minimum absolute atomic E-state index is 0.0529. The van der Waals surface area contributed by atoms with E-state index in [9.17, 15) is 4.79 Å². The zero-order valence-electron chi connectivity index (χ0n) is 12.0. The predicted molar refractivity (Wildman–Crippen MR) is 81.5 cm³/mol. The molecule has 0 saturated carbocycles. The summed E-state index contributed by atoms with van der Waals surface area (Å²) in [5.74, 6) is 0.313. The van der Waals surface area contributed by atoms with Gasteiger partial charge in [0, 0.05) is 23.2 Å². The van der Waals surface area contributed by atoms with E-state index in [4.69, 9.17) is 5.73 Å². The van der Waals surface area contributed by atoms with Crippen LogP contribution in [0.25, 0.3) is 10.9 Å². The number of carbonyl (C=O) groups excluding carboxylic acids is 1. The summed E-state index contributed by atoms with van der Waals surface area (Å²) in [4.78, 5) is 16.6. The first-order chi connectivity index (χ1) is 9.61. The number of pyridine rings is 1. The molecule has 0 radical (unpaired) electrons. The van der Waals surface area contributed by atoms with Crippen LogP contribution in [0.2, 0.25) is 0 Å². The van der Waals surface area contributed by atoms with Crippen molar-refractivity contribution in [2.24, 2.45) is 11.7 Å². The van der Waals surface area contributed by atoms with E-state index in [1.165, 1.54) is 0 Å². The molecular weight excluding hydrogens is 250 g/mol. The Bertz CT molecular complexity index is 595. The number of carbonyl (C=O) groups is 1. The normalized spacial score (nSPS) is 12.6. The Morgan fingerprint density at radius 3 is 2.85 bits per heavy atom. The molecule has 0 aliphatic heterocycles. The highest BCUT2D eigenvalue weighted by atomic mass is 16.1. The second kappa shape index (κ2) is 6.48. The molecule has 1 atom stereocenters. The van der Waals surface area contributed by atoms with E-state index in [0.29, 0.717) is 18.0 Å². The molecule has 1 aromatic carbocycles. The molecule has 0 fully saturated rings. The second-order valence-corrected chi connectivity index (χ2v) is 5.31. The van der Waals surface area contributed by atoms with Gasteiger partial charge in [0.25, 0.3) is 5.91 Å². The Hall–Kier alpha value is -1.94. The largest absolute Gasteiger partial charge is 0.349 e. The number of nitrogens with two attached hydrogens (primary N) is 1. The summed E-state index contributed by atoms with van der Waals surface area (Å²) < 4.78 is 0. The van der Waals surface area contributed by atoms with E-state index < -0.39 is 0 Å². The van der Waals surface area contributed by atoms with Crippen LogP contribution < -0.4 is 11.1 Å². The van der Waals surface area contributed by atoms with Crippen molar-refractivity contribution in [1.29, 1.82) is 0 Å². The van der Waals surface area contributed by atoms with E-state index in [1.807, 2.05) is 30.3 Å². The third kappa shape index (κ3) is 3.33. The SMILES string of the molecule is CC(C)C(CCN)NC(=O)c1ccc2ncccc2c1. The molecule has 1 aromatic heterocycles. The van der Waals surface area contributed by atoms with Gasteiger partial charge in [0.2, 0.25) is 0 Å². The molecule has 1 heterocycles.